The van der Waals surface area contributed by atoms with Crippen LogP contribution in [0.1, 0.15) is 5.56 Å². The highest BCUT2D eigenvalue weighted by Gasteiger charge is 2.15. The summed E-state index contributed by atoms with van der Waals surface area (Å²) in [6.07, 6.45) is 0. The monoisotopic (exact) mass is 363 g/mol. The lowest BCUT2D eigenvalue weighted by Gasteiger charge is -2.03. The molecule has 5 nitrogen and oxygen atoms in total. The molecule has 7 heteroatoms. The predicted molar refractivity (Wildman–Crippen MR) is 86.5 cm³/mol. The number of fused-ring (bicyclic) bond motifs is 1. The summed E-state index contributed by atoms with van der Waals surface area (Å²) in [4.78, 5) is 18.2. The molecule has 0 atom stereocenters. The molecule has 106 valence electrons. The number of thioether (sulfide) groups is 1. The molecule has 0 aliphatic rings. The number of rotatable bonds is 4. The van der Waals surface area contributed by atoms with E-state index in [9.17, 15) is 10.1 Å². The number of hydrogen-bond acceptors (Lipinski definition) is 4. The number of nitrogens with zero attached hydrogens (tertiary/aromatic N) is 2. The van der Waals surface area contributed by atoms with Crippen molar-refractivity contribution in [1.29, 1.82) is 0 Å². The number of aromatic amines is 1. The van der Waals surface area contributed by atoms with Crippen LogP contribution in [0.4, 0.5) is 5.69 Å². The van der Waals surface area contributed by atoms with Crippen molar-refractivity contribution in [3.05, 3.63) is 62.6 Å². The van der Waals surface area contributed by atoms with Gasteiger partial charge < -0.3 is 4.98 Å². The normalized spacial score (nSPS) is 10.9. The number of H-pyrrole nitrogens is 1. The van der Waals surface area contributed by atoms with E-state index in [4.69, 9.17) is 0 Å². The van der Waals surface area contributed by atoms with Gasteiger partial charge in [0.05, 0.1) is 20.4 Å². The molecule has 0 radical (unpaired) electrons. The highest BCUT2D eigenvalue weighted by Crippen LogP contribution is 2.32. The van der Waals surface area contributed by atoms with Crippen molar-refractivity contribution in [2.45, 2.75) is 10.9 Å². The summed E-state index contributed by atoms with van der Waals surface area (Å²) < 4.78 is 0.526. The first kappa shape index (κ1) is 14.1. The minimum absolute atomic E-state index is 0.0812. The lowest BCUT2D eigenvalue weighted by molar-refractivity contribution is -0.385. The number of hydrogen-bond donors (Lipinski definition) is 1. The van der Waals surface area contributed by atoms with E-state index in [2.05, 4.69) is 25.9 Å². The Hall–Kier alpha value is -1.86. The Morgan fingerprint density at radius 3 is 2.81 bits per heavy atom. The molecule has 0 aliphatic heterocycles. The van der Waals surface area contributed by atoms with Crippen LogP contribution in [0.25, 0.3) is 11.0 Å². The van der Waals surface area contributed by atoms with Crippen LogP contribution >= 0.6 is 27.7 Å². The van der Waals surface area contributed by atoms with Crippen molar-refractivity contribution in [1.82, 2.24) is 9.97 Å². The van der Waals surface area contributed by atoms with Crippen LogP contribution in [0, 0.1) is 10.1 Å². The molecule has 21 heavy (non-hydrogen) atoms. The number of nitro benzene ring substituents is 1. The minimum atomic E-state index is -0.389. The van der Waals surface area contributed by atoms with Gasteiger partial charge in [0.2, 0.25) is 0 Å². The summed E-state index contributed by atoms with van der Waals surface area (Å²) in [5, 5.41) is 11.7. The summed E-state index contributed by atoms with van der Waals surface area (Å²) in [6.45, 7) is 0. The largest absolute Gasteiger partial charge is 0.333 e. The van der Waals surface area contributed by atoms with Gasteiger partial charge in [-0.25, -0.2) is 4.98 Å². The number of nitro groups is 1. The molecule has 3 rings (SSSR count). The summed E-state index contributed by atoms with van der Waals surface area (Å²) in [5.41, 5.74) is 2.85. The van der Waals surface area contributed by atoms with Gasteiger partial charge in [0.1, 0.15) is 0 Å². The standard InChI is InChI=1S/C14H10BrN3O2S/c15-13-9(4-3-7-12(13)18(19)20)8-21-14-16-10-5-1-2-6-11(10)17-14/h1-7H,8H2,(H,16,17). The van der Waals surface area contributed by atoms with E-state index in [1.807, 2.05) is 30.3 Å². The van der Waals surface area contributed by atoms with Gasteiger partial charge in [0.15, 0.2) is 5.16 Å². The van der Waals surface area contributed by atoms with E-state index in [0.29, 0.717) is 10.2 Å². The molecule has 0 aliphatic carbocycles. The zero-order valence-electron chi connectivity index (χ0n) is 10.7. The fourth-order valence-corrected chi connectivity index (χ4v) is 3.58. The van der Waals surface area contributed by atoms with E-state index >= 15 is 0 Å². The molecular weight excluding hydrogens is 354 g/mol. The molecular formula is C14H10BrN3O2S. The van der Waals surface area contributed by atoms with Crippen molar-refractivity contribution in [3.63, 3.8) is 0 Å². The molecule has 1 heterocycles. The molecule has 3 aromatic rings. The van der Waals surface area contributed by atoms with Crippen LogP contribution in [0.5, 0.6) is 0 Å². The van der Waals surface area contributed by atoms with Gasteiger partial charge >= 0.3 is 0 Å². The zero-order chi connectivity index (χ0) is 14.8. The number of imidazole rings is 1. The van der Waals surface area contributed by atoms with Crippen LogP contribution in [-0.2, 0) is 5.75 Å². The maximum absolute atomic E-state index is 10.9. The van der Waals surface area contributed by atoms with Gasteiger partial charge in [-0.3, -0.25) is 10.1 Å². The number of nitrogens with one attached hydrogen (secondary N) is 1. The second kappa shape index (κ2) is 5.87. The van der Waals surface area contributed by atoms with E-state index in [1.54, 1.807) is 6.07 Å². The summed E-state index contributed by atoms with van der Waals surface area (Å²) in [6, 6.07) is 12.8. The quantitative estimate of drug-likeness (QED) is 0.420. The van der Waals surface area contributed by atoms with Gasteiger partial charge in [-0.2, -0.15) is 0 Å². The molecule has 0 saturated heterocycles. The topological polar surface area (TPSA) is 71.8 Å². The van der Waals surface area contributed by atoms with Crippen LogP contribution in [0.3, 0.4) is 0 Å². The summed E-state index contributed by atoms with van der Waals surface area (Å²) >= 11 is 4.82. The SMILES string of the molecule is O=[N+]([O-])c1cccc(CSc2nc3ccccc3[nH]2)c1Br. The minimum Gasteiger partial charge on any atom is -0.333 e. The van der Waals surface area contributed by atoms with Crippen LogP contribution in [-0.4, -0.2) is 14.9 Å². The highest BCUT2D eigenvalue weighted by atomic mass is 79.9. The molecule has 0 spiro atoms. The Labute approximate surface area is 133 Å². The highest BCUT2D eigenvalue weighted by molar-refractivity contribution is 9.10. The van der Waals surface area contributed by atoms with Crippen LogP contribution < -0.4 is 0 Å². The van der Waals surface area contributed by atoms with Gasteiger partial charge in [-0.1, -0.05) is 36.0 Å². The first-order valence-electron chi connectivity index (χ1n) is 6.14. The second-order valence-corrected chi connectivity index (χ2v) is 6.11. The average Bonchev–Trinajstić information content (AvgIpc) is 2.88. The van der Waals surface area contributed by atoms with Crippen LogP contribution in [0.2, 0.25) is 0 Å². The Bertz CT molecular complexity index is 786. The third-order valence-corrected chi connectivity index (χ3v) is 4.82. The third-order valence-electron chi connectivity index (χ3n) is 2.99. The molecule has 0 saturated carbocycles. The summed E-state index contributed by atoms with van der Waals surface area (Å²) in [7, 11) is 0. The summed E-state index contributed by atoms with van der Waals surface area (Å²) in [5.74, 6) is 0.599. The fraction of sp³-hybridized carbons (Fsp3) is 0.0714. The van der Waals surface area contributed by atoms with Gasteiger partial charge in [0.25, 0.3) is 5.69 Å². The Kier molecular flexibility index (Phi) is 3.94. The average molecular weight is 364 g/mol. The van der Waals surface area contributed by atoms with Crippen molar-refractivity contribution in [3.8, 4) is 0 Å². The van der Waals surface area contributed by atoms with E-state index in [-0.39, 0.29) is 10.6 Å². The van der Waals surface area contributed by atoms with E-state index in [1.165, 1.54) is 17.8 Å². The Morgan fingerprint density at radius 1 is 1.24 bits per heavy atom. The van der Waals surface area contributed by atoms with E-state index in [0.717, 1.165) is 21.8 Å². The maximum atomic E-state index is 10.9. The van der Waals surface area contributed by atoms with Gasteiger partial charge in [-0.15, -0.1) is 0 Å². The first-order valence-corrected chi connectivity index (χ1v) is 7.92. The Morgan fingerprint density at radius 2 is 2.05 bits per heavy atom. The second-order valence-electron chi connectivity index (χ2n) is 4.36. The number of benzene rings is 2. The molecule has 0 bridgehead atoms. The number of halogens is 1. The Balaban J connectivity index is 1.81. The number of aromatic nitrogens is 2. The van der Waals surface area contributed by atoms with Crippen molar-refractivity contribution < 1.29 is 4.92 Å². The fourth-order valence-electron chi connectivity index (χ4n) is 1.96. The third kappa shape index (κ3) is 2.93. The van der Waals surface area contributed by atoms with Gasteiger partial charge in [0, 0.05) is 11.8 Å². The van der Waals surface area contributed by atoms with Crippen molar-refractivity contribution >= 4 is 44.4 Å². The van der Waals surface area contributed by atoms with Crippen molar-refractivity contribution in [2.24, 2.45) is 0 Å². The predicted octanol–water partition coefficient (Wildman–Crippen LogP) is 4.53. The zero-order valence-corrected chi connectivity index (χ0v) is 13.1. The van der Waals surface area contributed by atoms with Gasteiger partial charge in [-0.05, 0) is 33.6 Å². The molecule has 1 aromatic heterocycles. The smallest absolute Gasteiger partial charge is 0.283 e. The van der Waals surface area contributed by atoms with Crippen LogP contribution in [0.15, 0.2) is 52.1 Å². The number of para-hydroxylation sites is 2. The molecule has 0 unspecified atom stereocenters. The molecule has 0 fully saturated rings. The molecule has 1 N–H and O–H groups in total. The van der Waals surface area contributed by atoms with Crippen molar-refractivity contribution in [2.75, 3.05) is 0 Å². The first-order chi connectivity index (χ1) is 10.1. The lowest BCUT2D eigenvalue weighted by Crippen LogP contribution is -1.92. The maximum Gasteiger partial charge on any atom is 0.283 e. The van der Waals surface area contributed by atoms with E-state index < -0.39 is 0 Å². The molecule has 2 aromatic carbocycles. The molecule has 0 amide bonds. The lowest BCUT2D eigenvalue weighted by atomic mass is 10.2.